The van der Waals surface area contributed by atoms with E-state index in [0.29, 0.717) is 5.75 Å². The first kappa shape index (κ1) is 35.0. The maximum Gasteiger partial charge on any atom is 0.264 e. The van der Waals surface area contributed by atoms with Gasteiger partial charge in [0.15, 0.2) is 0 Å². The third-order valence-electron chi connectivity index (χ3n) is 8.73. The molecular weight excluding hydrogens is 646 g/mol. The largest absolute Gasteiger partial charge is 0.495 e. The minimum absolute atomic E-state index is 0.0260. The highest BCUT2D eigenvalue weighted by Gasteiger charge is 2.35. The van der Waals surface area contributed by atoms with E-state index >= 15 is 0 Å². The Kier molecular flexibility index (Phi) is 11.8. The molecule has 0 aliphatic heterocycles. The number of aryl methyl sites for hydroxylation is 1. The van der Waals surface area contributed by atoms with Crippen LogP contribution in [0.1, 0.15) is 48.8 Å². The Morgan fingerprint density at radius 3 is 2.10 bits per heavy atom. The zero-order valence-electron chi connectivity index (χ0n) is 27.3. The van der Waals surface area contributed by atoms with Crippen LogP contribution in [0.15, 0.2) is 108 Å². The zero-order chi connectivity index (χ0) is 34.1. The summed E-state index contributed by atoms with van der Waals surface area (Å²) in [5.41, 5.74) is 2.79. The lowest BCUT2D eigenvalue weighted by atomic mass is 9.94. The van der Waals surface area contributed by atoms with Gasteiger partial charge in [-0.3, -0.25) is 13.9 Å². The Morgan fingerprint density at radius 1 is 0.875 bits per heavy atom. The second kappa shape index (κ2) is 16.2. The van der Waals surface area contributed by atoms with Gasteiger partial charge in [0.25, 0.3) is 10.0 Å². The number of rotatable bonds is 13. The molecule has 0 radical (unpaired) electrons. The molecule has 1 saturated carbocycles. The van der Waals surface area contributed by atoms with E-state index in [2.05, 4.69) is 5.32 Å². The average molecular weight is 688 g/mol. The van der Waals surface area contributed by atoms with Crippen molar-refractivity contribution in [3.63, 3.8) is 0 Å². The van der Waals surface area contributed by atoms with Gasteiger partial charge >= 0.3 is 0 Å². The number of halogens is 1. The fraction of sp³-hybridized carbons (Fsp3) is 0.316. The van der Waals surface area contributed by atoms with E-state index in [9.17, 15) is 18.0 Å². The van der Waals surface area contributed by atoms with Gasteiger partial charge in [-0.2, -0.15) is 0 Å². The van der Waals surface area contributed by atoms with Crippen molar-refractivity contribution in [1.29, 1.82) is 0 Å². The lowest BCUT2D eigenvalue weighted by molar-refractivity contribution is -0.140. The lowest BCUT2D eigenvalue weighted by Crippen LogP contribution is -2.55. The third-order valence-corrected chi connectivity index (χ3v) is 10.8. The molecular formula is C38H42ClN3O5S. The van der Waals surface area contributed by atoms with Crippen LogP contribution >= 0.6 is 11.6 Å². The van der Waals surface area contributed by atoms with Crippen molar-refractivity contribution >= 4 is 39.1 Å². The summed E-state index contributed by atoms with van der Waals surface area (Å²) in [6, 6.07) is 29.2. The molecule has 2 amide bonds. The zero-order valence-corrected chi connectivity index (χ0v) is 28.9. The summed E-state index contributed by atoms with van der Waals surface area (Å²) in [5, 5.41) is 3.43. The number of anilines is 1. The number of carbonyl (C=O) groups excluding carboxylic acids is 2. The van der Waals surface area contributed by atoms with E-state index in [4.69, 9.17) is 16.3 Å². The van der Waals surface area contributed by atoms with E-state index in [1.54, 1.807) is 24.3 Å². The highest BCUT2D eigenvalue weighted by Crippen LogP contribution is 2.32. The number of nitrogens with zero attached hydrogens (tertiary/aromatic N) is 2. The maximum atomic E-state index is 14.7. The first-order valence-corrected chi connectivity index (χ1v) is 18.1. The molecule has 4 aromatic carbocycles. The highest BCUT2D eigenvalue weighted by molar-refractivity contribution is 7.92. The van der Waals surface area contributed by atoms with Gasteiger partial charge in [0.1, 0.15) is 18.3 Å². The SMILES string of the molecule is COc1ccc(N(CC(=O)N(Cc2ccccc2)[C@H](Cc2ccccc2)C(=O)NC2CCCCC2)S(=O)(=O)c2ccc(C)cc2)cc1Cl. The molecule has 8 nitrogen and oxygen atoms in total. The van der Waals surface area contributed by atoms with Crippen LogP contribution in [0.4, 0.5) is 5.69 Å². The molecule has 1 atom stereocenters. The summed E-state index contributed by atoms with van der Waals surface area (Å²) in [4.78, 5) is 30.4. The third kappa shape index (κ3) is 8.76. The molecule has 10 heteroatoms. The van der Waals surface area contributed by atoms with Crippen molar-refractivity contribution in [3.8, 4) is 5.75 Å². The molecule has 4 aromatic rings. The predicted molar refractivity (Wildman–Crippen MR) is 190 cm³/mol. The van der Waals surface area contributed by atoms with Crippen molar-refractivity contribution < 1.29 is 22.7 Å². The van der Waals surface area contributed by atoms with Crippen molar-refractivity contribution in [2.24, 2.45) is 0 Å². The summed E-state index contributed by atoms with van der Waals surface area (Å²) in [6.07, 6.45) is 5.25. The Bertz CT molecular complexity index is 1780. The van der Waals surface area contributed by atoms with E-state index in [0.717, 1.165) is 53.1 Å². The topological polar surface area (TPSA) is 96.0 Å². The van der Waals surface area contributed by atoms with Gasteiger partial charge < -0.3 is 15.0 Å². The van der Waals surface area contributed by atoms with Crippen LogP contribution < -0.4 is 14.4 Å². The Morgan fingerprint density at radius 2 is 1.50 bits per heavy atom. The van der Waals surface area contributed by atoms with Crippen LogP contribution in [-0.4, -0.2) is 50.9 Å². The monoisotopic (exact) mass is 687 g/mol. The van der Waals surface area contributed by atoms with Gasteiger partial charge in [-0.15, -0.1) is 0 Å². The van der Waals surface area contributed by atoms with Gasteiger partial charge in [0, 0.05) is 19.0 Å². The van der Waals surface area contributed by atoms with E-state index < -0.39 is 28.5 Å². The van der Waals surface area contributed by atoms with Crippen LogP contribution in [0.25, 0.3) is 0 Å². The summed E-state index contributed by atoms with van der Waals surface area (Å²) in [5.74, 6) is -0.413. The molecule has 0 bridgehead atoms. The smallest absolute Gasteiger partial charge is 0.264 e. The standard InChI is InChI=1S/C38H42ClN3O5S/c1-28-18-21-33(22-19-28)48(45,46)42(32-20-23-36(47-2)34(39)25-32)27-37(43)41(26-30-14-8-4-9-15-30)35(24-29-12-6-3-7-13-29)38(44)40-31-16-10-5-11-17-31/h3-4,6-9,12-15,18-23,25,31,35H,5,10-11,16-17,24,26-27H2,1-2H3,(H,40,44)/t35-/m1/s1. The quantitative estimate of drug-likeness (QED) is 0.164. The minimum Gasteiger partial charge on any atom is -0.495 e. The second-order valence-electron chi connectivity index (χ2n) is 12.2. The van der Waals surface area contributed by atoms with E-state index in [-0.39, 0.29) is 40.5 Å². The normalized spacial score (nSPS) is 14.1. The summed E-state index contributed by atoms with van der Waals surface area (Å²) >= 11 is 6.48. The fourth-order valence-electron chi connectivity index (χ4n) is 6.06. The number of nitrogens with one attached hydrogen (secondary N) is 1. The molecule has 48 heavy (non-hydrogen) atoms. The number of ether oxygens (including phenoxy) is 1. The summed E-state index contributed by atoms with van der Waals surface area (Å²) in [7, 11) is -2.78. The van der Waals surface area contributed by atoms with E-state index in [1.807, 2.05) is 67.6 Å². The molecule has 0 aromatic heterocycles. The highest BCUT2D eigenvalue weighted by atomic mass is 35.5. The predicted octanol–water partition coefficient (Wildman–Crippen LogP) is 6.94. The number of methoxy groups -OCH3 is 1. The number of carbonyl (C=O) groups is 2. The number of hydrogen-bond acceptors (Lipinski definition) is 5. The summed E-state index contributed by atoms with van der Waals surface area (Å²) < 4.78 is 34.9. The molecule has 5 rings (SSSR count). The maximum absolute atomic E-state index is 14.7. The molecule has 1 aliphatic rings. The molecule has 0 spiro atoms. The first-order valence-electron chi connectivity index (χ1n) is 16.3. The molecule has 0 heterocycles. The molecule has 252 valence electrons. The number of hydrogen-bond donors (Lipinski definition) is 1. The Labute approximate surface area is 288 Å². The molecule has 0 unspecified atom stereocenters. The van der Waals surface area contributed by atoms with Crippen LogP contribution in [0.2, 0.25) is 5.02 Å². The minimum atomic E-state index is -4.25. The first-order chi connectivity index (χ1) is 23.2. The lowest BCUT2D eigenvalue weighted by Gasteiger charge is -2.35. The number of sulfonamides is 1. The van der Waals surface area contributed by atoms with Crippen LogP contribution in [-0.2, 0) is 32.6 Å². The molecule has 1 fully saturated rings. The van der Waals surface area contributed by atoms with Crippen molar-refractivity contribution in [3.05, 3.63) is 125 Å². The van der Waals surface area contributed by atoms with Crippen LogP contribution in [0.3, 0.4) is 0 Å². The molecule has 0 saturated heterocycles. The van der Waals surface area contributed by atoms with Gasteiger partial charge in [-0.25, -0.2) is 8.42 Å². The van der Waals surface area contributed by atoms with Gasteiger partial charge in [0.05, 0.1) is 22.7 Å². The van der Waals surface area contributed by atoms with Gasteiger partial charge in [-0.05, 0) is 61.2 Å². The van der Waals surface area contributed by atoms with E-state index in [1.165, 1.54) is 30.2 Å². The Hall–Kier alpha value is -4.34. The number of amides is 2. The van der Waals surface area contributed by atoms with Crippen LogP contribution in [0.5, 0.6) is 5.75 Å². The molecule has 1 aliphatic carbocycles. The molecule has 1 N–H and O–H groups in total. The van der Waals surface area contributed by atoms with Crippen LogP contribution in [0, 0.1) is 6.92 Å². The van der Waals surface area contributed by atoms with Crippen molar-refractivity contribution in [2.75, 3.05) is 18.0 Å². The second-order valence-corrected chi connectivity index (χ2v) is 14.5. The average Bonchev–Trinajstić information content (AvgIpc) is 3.10. The number of benzene rings is 4. The van der Waals surface area contributed by atoms with Gasteiger partial charge in [0.2, 0.25) is 11.8 Å². The Balaban J connectivity index is 1.57. The van der Waals surface area contributed by atoms with Crippen molar-refractivity contribution in [1.82, 2.24) is 10.2 Å². The van der Waals surface area contributed by atoms with Crippen molar-refractivity contribution in [2.45, 2.75) is 69.0 Å². The fourth-order valence-corrected chi connectivity index (χ4v) is 7.71. The van der Waals surface area contributed by atoms with Gasteiger partial charge in [-0.1, -0.05) is 109 Å². The summed E-state index contributed by atoms with van der Waals surface area (Å²) in [6.45, 7) is 1.42.